The number of hydrogen-bond acceptors (Lipinski definition) is 11. The van der Waals surface area contributed by atoms with E-state index in [-0.39, 0.29) is 11.5 Å². The topological polar surface area (TPSA) is 141 Å². The van der Waals surface area contributed by atoms with Gasteiger partial charge >= 0.3 is 17.9 Å². The molecule has 11 nitrogen and oxygen atoms in total. The number of rotatable bonds is 10. The van der Waals surface area contributed by atoms with E-state index in [0.717, 1.165) is 26.3 Å². The Morgan fingerprint density at radius 2 is 1.51 bits per heavy atom. The van der Waals surface area contributed by atoms with Crippen LogP contribution in [0.25, 0.3) is 0 Å². The summed E-state index contributed by atoms with van der Waals surface area (Å²) in [5, 5.41) is 0. The molecule has 0 radical (unpaired) electrons. The first-order valence-corrected chi connectivity index (χ1v) is 11.9. The lowest BCUT2D eigenvalue weighted by Gasteiger charge is -2.44. The van der Waals surface area contributed by atoms with Gasteiger partial charge in [0.05, 0.1) is 18.1 Å². The monoisotopic (exact) mass is 512 g/mol. The zero-order valence-corrected chi connectivity index (χ0v) is 20.6. The molecule has 5 atom stereocenters. The van der Waals surface area contributed by atoms with Crippen molar-refractivity contribution in [3.05, 3.63) is 48.2 Å². The average molecular weight is 513 g/mol. The van der Waals surface area contributed by atoms with Crippen LogP contribution in [0.4, 0.5) is 0 Å². The van der Waals surface area contributed by atoms with Crippen molar-refractivity contribution < 1.29 is 50.7 Å². The lowest BCUT2D eigenvalue weighted by Crippen LogP contribution is -2.62. The van der Waals surface area contributed by atoms with Crippen molar-refractivity contribution in [2.75, 3.05) is 13.2 Å². The largest absolute Gasteiger partial charge is 0.456 e. The molecule has 1 saturated heterocycles. The van der Waals surface area contributed by atoms with Gasteiger partial charge in [0.15, 0.2) is 24.6 Å². The quantitative estimate of drug-likeness (QED) is 0.195. The van der Waals surface area contributed by atoms with E-state index in [1.165, 1.54) is 18.2 Å². The van der Waals surface area contributed by atoms with Gasteiger partial charge in [0.1, 0.15) is 6.10 Å². The molecule has 2 rings (SSSR count). The van der Waals surface area contributed by atoms with Gasteiger partial charge in [0, 0.05) is 20.8 Å². The number of hydrogen-bond donors (Lipinski definition) is 0. The van der Waals surface area contributed by atoms with Crippen LogP contribution in [0, 0.1) is 6.92 Å². The maximum Gasteiger partial charge on any atom is 0.303 e. The minimum atomic E-state index is -4.22. The fourth-order valence-corrected chi connectivity index (χ4v) is 4.17. The van der Waals surface area contributed by atoms with E-state index < -0.39 is 65.3 Å². The van der Waals surface area contributed by atoms with Gasteiger partial charge in [0.25, 0.3) is 10.1 Å². The summed E-state index contributed by atoms with van der Waals surface area (Å²) < 4.78 is 57.8. The second-order valence-electron chi connectivity index (χ2n) is 7.56. The third-order valence-corrected chi connectivity index (χ3v) is 5.98. The number of ether oxygens (including phenoxy) is 5. The molecule has 192 valence electrons. The number of benzene rings is 1. The van der Waals surface area contributed by atoms with Crippen molar-refractivity contribution >= 4 is 28.0 Å². The van der Waals surface area contributed by atoms with Crippen LogP contribution in [0.15, 0.2) is 47.5 Å². The Morgan fingerprint density at radius 3 is 2.06 bits per heavy atom. The number of aryl methyl sites for hydroxylation is 1. The molecule has 1 fully saturated rings. The van der Waals surface area contributed by atoms with Gasteiger partial charge in [-0.15, -0.1) is 5.73 Å². The highest BCUT2D eigenvalue weighted by Gasteiger charge is 2.52. The van der Waals surface area contributed by atoms with Crippen LogP contribution in [0.5, 0.6) is 0 Å². The smallest absolute Gasteiger partial charge is 0.303 e. The predicted octanol–water partition coefficient (Wildman–Crippen LogP) is 1.58. The number of carbonyl (C=O) groups excluding carboxylic acids is 3. The highest BCUT2D eigenvalue weighted by Crippen LogP contribution is 2.30. The zero-order valence-electron chi connectivity index (χ0n) is 19.8. The summed E-state index contributed by atoms with van der Waals surface area (Å²) in [5.41, 5.74) is 3.35. The van der Waals surface area contributed by atoms with E-state index in [0.29, 0.717) is 0 Å². The molecule has 0 N–H and O–H groups in total. The Hall–Kier alpha value is -3.02. The molecule has 0 aliphatic carbocycles. The Morgan fingerprint density at radius 1 is 0.971 bits per heavy atom. The van der Waals surface area contributed by atoms with E-state index in [9.17, 15) is 22.8 Å². The molecule has 0 aromatic heterocycles. The molecular weight excluding hydrogens is 484 g/mol. The summed E-state index contributed by atoms with van der Waals surface area (Å²) >= 11 is 0. The second-order valence-corrected chi connectivity index (χ2v) is 9.17. The highest BCUT2D eigenvalue weighted by molar-refractivity contribution is 7.86. The molecule has 0 amide bonds. The third-order valence-electron chi connectivity index (χ3n) is 4.68. The molecule has 1 aliphatic rings. The van der Waals surface area contributed by atoms with Crippen LogP contribution in [-0.4, -0.2) is 70.2 Å². The SMILES string of the molecule is C=C=CCO[C@@H]1O[C@H](COS(=O)(=O)c2ccc(C)cc2)[C@@H](OC(C)=O)[C@H](OC(C)=O)[C@H]1OC(C)=O. The molecule has 1 heterocycles. The van der Waals surface area contributed by atoms with Crippen molar-refractivity contribution in [2.24, 2.45) is 0 Å². The molecule has 1 aliphatic heterocycles. The van der Waals surface area contributed by atoms with Gasteiger partial charge in [-0.05, 0) is 25.1 Å². The lowest BCUT2D eigenvalue weighted by molar-refractivity contribution is -0.304. The second kappa shape index (κ2) is 12.6. The molecule has 12 heteroatoms. The lowest BCUT2D eigenvalue weighted by atomic mass is 9.98. The summed E-state index contributed by atoms with van der Waals surface area (Å²) in [6, 6.07) is 5.96. The van der Waals surface area contributed by atoms with Gasteiger partial charge in [-0.2, -0.15) is 8.42 Å². The van der Waals surface area contributed by atoms with Crippen LogP contribution in [-0.2, 0) is 52.4 Å². The van der Waals surface area contributed by atoms with Crippen LogP contribution in [0.3, 0.4) is 0 Å². The first kappa shape index (κ1) is 28.2. The Balaban J connectivity index is 2.39. The van der Waals surface area contributed by atoms with Gasteiger partial charge in [-0.1, -0.05) is 24.3 Å². The van der Waals surface area contributed by atoms with Crippen LogP contribution in [0.1, 0.15) is 26.3 Å². The normalized spacial score (nSPS) is 24.1. The van der Waals surface area contributed by atoms with Crippen molar-refractivity contribution in [1.82, 2.24) is 0 Å². The van der Waals surface area contributed by atoms with E-state index in [2.05, 4.69) is 12.3 Å². The summed E-state index contributed by atoms with van der Waals surface area (Å²) in [6.45, 7) is 7.84. The van der Waals surface area contributed by atoms with Crippen molar-refractivity contribution in [1.29, 1.82) is 0 Å². The van der Waals surface area contributed by atoms with Gasteiger partial charge in [-0.25, -0.2) is 0 Å². The van der Waals surface area contributed by atoms with E-state index in [1.54, 1.807) is 19.1 Å². The number of carbonyl (C=O) groups is 3. The van der Waals surface area contributed by atoms with E-state index in [4.69, 9.17) is 27.9 Å². The van der Waals surface area contributed by atoms with Crippen molar-refractivity contribution in [3.63, 3.8) is 0 Å². The molecule has 0 saturated carbocycles. The molecule has 35 heavy (non-hydrogen) atoms. The maximum atomic E-state index is 12.7. The third kappa shape index (κ3) is 8.30. The Kier molecular flexibility index (Phi) is 10.2. The summed E-state index contributed by atoms with van der Waals surface area (Å²) in [6.07, 6.45) is -5.32. The maximum absolute atomic E-state index is 12.7. The summed E-state index contributed by atoms with van der Waals surface area (Å²) in [4.78, 5) is 35.3. The van der Waals surface area contributed by atoms with Crippen LogP contribution >= 0.6 is 0 Å². The van der Waals surface area contributed by atoms with Crippen LogP contribution in [0.2, 0.25) is 0 Å². The molecule has 0 spiro atoms. The van der Waals surface area contributed by atoms with Gasteiger partial charge in [0.2, 0.25) is 0 Å². The standard InChI is InChI=1S/C23H28O11S/c1-6-7-12-29-23-22(33-17(5)26)21(32-16(4)25)20(31-15(3)24)19(34-23)13-30-35(27,28)18-10-8-14(2)9-11-18/h7-11,19-23H,1,12-13H2,2-5H3/t19-,20-,21+,22-,23-/m1/s1. The first-order valence-electron chi connectivity index (χ1n) is 10.5. The van der Waals surface area contributed by atoms with Gasteiger partial charge < -0.3 is 23.7 Å². The fraction of sp³-hybridized carbons (Fsp3) is 0.478. The summed E-state index contributed by atoms with van der Waals surface area (Å²) in [7, 11) is -4.22. The first-order chi connectivity index (χ1) is 16.4. The fourth-order valence-electron chi connectivity index (χ4n) is 3.25. The van der Waals surface area contributed by atoms with Gasteiger partial charge in [-0.3, -0.25) is 18.6 Å². The van der Waals surface area contributed by atoms with Crippen molar-refractivity contribution in [3.8, 4) is 0 Å². The average Bonchev–Trinajstić information content (AvgIpc) is 2.76. The molecule has 1 aromatic rings. The minimum Gasteiger partial charge on any atom is -0.456 e. The Labute approximate surface area is 203 Å². The number of esters is 3. The van der Waals surface area contributed by atoms with E-state index in [1.807, 2.05) is 0 Å². The highest BCUT2D eigenvalue weighted by atomic mass is 32.2. The molecule has 0 unspecified atom stereocenters. The predicted molar refractivity (Wildman–Crippen MR) is 119 cm³/mol. The summed E-state index contributed by atoms with van der Waals surface area (Å²) in [5.74, 6) is -2.30. The minimum absolute atomic E-state index is 0.0772. The van der Waals surface area contributed by atoms with Crippen molar-refractivity contribution in [2.45, 2.75) is 63.3 Å². The Bertz CT molecular complexity index is 1060. The molecule has 0 bridgehead atoms. The zero-order chi connectivity index (χ0) is 26.2. The molecule has 1 aromatic carbocycles. The molecular formula is C23H28O11S. The van der Waals surface area contributed by atoms with Crippen LogP contribution < -0.4 is 0 Å². The van der Waals surface area contributed by atoms with E-state index >= 15 is 0 Å².